The zero-order chi connectivity index (χ0) is 13.7. The Morgan fingerprint density at radius 1 is 1.26 bits per heavy atom. The molecule has 0 radical (unpaired) electrons. The average molecular weight is 260 g/mol. The molecule has 1 atom stereocenters. The van der Waals surface area contributed by atoms with E-state index in [9.17, 15) is 5.26 Å². The van der Waals surface area contributed by atoms with Crippen LogP contribution in [-0.4, -0.2) is 38.8 Å². The van der Waals surface area contributed by atoms with Crippen LogP contribution in [0.2, 0.25) is 0 Å². The highest BCUT2D eigenvalue weighted by Gasteiger charge is 2.21. The first-order valence-corrected chi connectivity index (χ1v) is 6.62. The third kappa shape index (κ3) is 3.18. The summed E-state index contributed by atoms with van der Waals surface area (Å²) >= 11 is 0. The SMILES string of the molecule is COc1ccc(C(C#N)CN2CCCC2)c(OC)c1. The first-order chi connectivity index (χ1) is 9.28. The second-order valence-corrected chi connectivity index (χ2v) is 4.80. The molecule has 1 aliphatic rings. The topological polar surface area (TPSA) is 45.5 Å². The maximum atomic E-state index is 9.42. The van der Waals surface area contributed by atoms with E-state index in [1.807, 2.05) is 18.2 Å². The Labute approximate surface area is 114 Å². The van der Waals surface area contributed by atoms with Gasteiger partial charge >= 0.3 is 0 Å². The Hall–Kier alpha value is -1.73. The van der Waals surface area contributed by atoms with Crippen LogP contribution in [0.15, 0.2) is 18.2 Å². The molecule has 102 valence electrons. The summed E-state index contributed by atoms with van der Waals surface area (Å²) in [6.45, 7) is 2.96. The largest absolute Gasteiger partial charge is 0.497 e. The molecule has 0 aliphatic carbocycles. The predicted octanol–water partition coefficient (Wildman–Crippen LogP) is 2.41. The third-order valence-corrected chi connectivity index (χ3v) is 3.61. The number of hydrogen-bond acceptors (Lipinski definition) is 4. The summed E-state index contributed by atoms with van der Waals surface area (Å²) in [5, 5.41) is 9.42. The fraction of sp³-hybridized carbons (Fsp3) is 0.533. The van der Waals surface area contributed by atoms with Gasteiger partial charge in [-0.1, -0.05) is 6.07 Å². The zero-order valence-corrected chi connectivity index (χ0v) is 11.6. The lowest BCUT2D eigenvalue weighted by atomic mass is 9.98. The number of benzene rings is 1. The molecule has 4 heteroatoms. The van der Waals surface area contributed by atoms with Gasteiger partial charge in [-0.2, -0.15) is 5.26 Å². The highest BCUT2D eigenvalue weighted by atomic mass is 16.5. The van der Waals surface area contributed by atoms with Crippen LogP contribution in [0.4, 0.5) is 0 Å². The zero-order valence-electron chi connectivity index (χ0n) is 11.6. The van der Waals surface area contributed by atoms with Crippen LogP contribution in [0.3, 0.4) is 0 Å². The molecular formula is C15H20N2O2. The van der Waals surface area contributed by atoms with Gasteiger partial charge in [0.2, 0.25) is 0 Å². The molecule has 19 heavy (non-hydrogen) atoms. The molecule has 2 rings (SSSR count). The molecule has 1 aliphatic heterocycles. The van der Waals surface area contributed by atoms with E-state index >= 15 is 0 Å². The number of hydrogen-bond donors (Lipinski definition) is 0. The van der Waals surface area contributed by atoms with Crippen molar-refractivity contribution in [2.24, 2.45) is 0 Å². The van der Waals surface area contributed by atoms with E-state index in [0.29, 0.717) is 0 Å². The van der Waals surface area contributed by atoms with E-state index in [4.69, 9.17) is 9.47 Å². The maximum absolute atomic E-state index is 9.42. The number of nitriles is 1. The lowest BCUT2D eigenvalue weighted by Gasteiger charge is -2.20. The normalized spacial score (nSPS) is 16.9. The fourth-order valence-corrected chi connectivity index (χ4v) is 2.54. The number of nitrogens with zero attached hydrogens (tertiary/aromatic N) is 2. The Balaban J connectivity index is 2.19. The minimum Gasteiger partial charge on any atom is -0.497 e. The second kappa shape index (κ2) is 6.44. The van der Waals surface area contributed by atoms with Crippen LogP contribution in [0.25, 0.3) is 0 Å². The lowest BCUT2D eigenvalue weighted by molar-refractivity contribution is 0.327. The van der Waals surface area contributed by atoms with Crippen molar-refractivity contribution in [3.8, 4) is 17.6 Å². The van der Waals surface area contributed by atoms with Crippen molar-refractivity contribution in [3.05, 3.63) is 23.8 Å². The highest BCUT2D eigenvalue weighted by molar-refractivity contribution is 5.44. The Kier molecular flexibility index (Phi) is 4.64. The van der Waals surface area contributed by atoms with E-state index in [1.165, 1.54) is 12.8 Å². The number of rotatable bonds is 5. The second-order valence-electron chi connectivity index (χ2n) is 4.80. The molecule has 1 aromatic carbocycles. The Morgan fingerprint density at radius 3 is 2.58 bits per heavy atom. The fourth-order valence-electron chi connectivity index (χ4n) is 2.54. The van der Waals surface area contributed by atoms with Crippen LogP contribution in [0.1, 0.15) is 24.3 Å². The van der Waals surface area contributed by atoms with Gasteiger partial charge < -0.3 is 14.4 Å². The van der Waals surface area contributed by atoms with Crippen LogP contribution in [0, 0.1) is 11.3 Å². The van der Waals surface area contributed by atoms with Crippen molar-refractivity contribution in [1.82, 2.24) is 4.90 Å². The Morgan fingerprint density at radius 2 is 2.00 bits per heavy atom. The van der Waals surface area contributed by atoms with E-state index in [-0.39, 0.29) is 5.92 Å². The van der Waals surface area contributed by atoms with Gasteiger partial charge in [0.25, 0.3) is 0 Å². The third-order valence-electron chi connectivity index (χ3n) is 3.61. The van der Waals surface area contributed by atoms with E-state index < -0.39 is 0 Å². The van der Waals surface area contributed by atoms with Crippen LogP contribution in [0.5, 0.6) is 11.5 Å². The van der Waals surface area contributed by atoms with E-state index in [0.717, 1.165) is 36.7 Å². The average Bonchev–Trinajstić information content (AvgIpc) is 2.97. The van der Waals surface area contributed by atoms with Gasteiger partial charge in [0, 0.05) is 18.2 Å². The molecule has 0 aromatic heterocycles. The smallest absolute Gasteiger partial charge is 0.127 e. The molecule has 1 saturated heterocycles. The van der Waals surface area contributed by atoms with Gasteiger partial charge in [-0.05, 0) is 32.0 Å². The summed E-state index contributed by atoms with van der Waals surface area (Å²) in [6.07, 6.45) is 2.47. The van der Waals surface area contributed by atoms with E-state index in [2.05, 4.69) is 11.0 Å². The summed E-state index contributed by atoms with van der Waals surface area (Å²) in [5.74, 6) is 1.32. The molecule has 0 saturated carbocycles. The van der Waals surface area contributed by atoms with Gasteiger partial charge in [-0.15, -0.1) is 0 Å². The first kappa shape index (κ1) is 13.7. The van der Waals surface area contributed by atoms with Crippen LogP contribution < -0.4 is 9.47 Å². The summed E-state index contributed by atoms with van der Waals surface area (Å²) in [6, 6.07) is 8.05. The molecule has 4 nitrogen and oxygen atoms in total. The number of methoxy groups -OCH3 is 2. The monoisotopic (exact) mass is 260 g/mol. The van der Waals surface area contributed by atoms with Crippen molar-refractivity contribution >= 4 is 0 Å². The highest BCUT2D eigenvalue weighted by Crippen LogP contribution is 2.31. The summed E-state index contributed by atoms with van der Waals surface area (Å²) in [4.78, 5) is 2.34. The molecular weight excluding hydrogens is 240 g/mol. The minimum atomic E-state index is -0.154. The number of likely N-dealkylation sites (tertiary alicyclic amines) is 1. The van der Waals surface area contributed by atoms with Gasteiger partial charge in [-0.3, -0.25) is 0 Å². The molecule has 0 N–H and O–H groups in total. The number of ether oxygens (including phenoxy) is 2. The predicted molar refractivity (Wildman–Crippen MR) is 73.6 cm³/mol. The van der Waals surface area contributed by atoms with Crippen molar-refractivity contribution in [2.45, 2.75) is 18.8 Å². The standard InChI is InChI=1S/C15H20N2O2/c1-18-13-5-6-14(15(9-13)19-2)12(10-16)11-17-7-3-4-8-17/h5-6,9,12H,3-4,7-8,11H2,1-2H3. The van der Waals surface area contributed by atoms with Gasteiger partial charge in [0.15, 0.2) is 0 Å². The van der Waals surface area contributed by atoms with Crippen molar-refractivity contribution in [2.75, 3.05) is 33.9 Å². The quantitative estimate of drug-likeness (QED) is 0.815. The summed E-state index contributed by atoms with van der Waals surface area (Å²) in [5.41, 5.74) is 0.942. The molecule has 0 amide bonds. The molecule has 0 bridgehead atoms. The van der Waals surface area contributed by atoms with Crippen molar-refractivity contribution in [1.29, 1.82) is 5.26 Å². The molecule has 1 aromatic rings. The van der Waals surface area contributed by atoms with Crippen molar-refractivity contribution in [3.63, 3.8) is 0 Å². The van der Waals surface area contributed by atoms with E-state index in [1.54, 1.807) is 14.2 Å². The minimum absolute atomic E-state index is 0.154. The molecule has 1 unspecified atom stereocenters. The summed E-state index contributed by atoms with van der Waals surface area (Å²) in [7, 11) is 3.25. The molecule has 1 heterocycles. The molecule has 0 spiro atoms. The van der Waals surface area contributed by atoms with Gasteiger partial charge in [0.05, 0.1) is 26.2 Å². The molecule has 1 fully saturated rings. The van der Waals surface area contributed by atoms with Crippen molar-refractivity contribution < 1.29 is 9.47 Å². The Bertz CT molecular complexity index is 462. The first-order valence-electron chi connectivity index (χ1n) is 6.62. The van der Waals surface area contributed by atoms with Gasteiger partial charge in [0.1, 0.15) is 11.5 Å². The van der Waals surface area contributed by atoms with Crippen LogP contribution in [-0.2, 0) is 0 Å². The van der Waals surface area contributed by atoms with Gasteiger partial charge in [-0.25, -0.2) is 0 Å². The summed E-state index contributed by atoms with van der Waals surface area (Å²) < 4.78 is 10.6. The maximum Gasteiger partial charge on any atom is 0.127 e. The lowest BCUT2D eigenvalue weighted by Crippen LogP contribution is -2.25. The van der Waals surface area contributed by atoms with Crippen LogP contribution >= 0.6 is 0 Å².